The zero-order chi connectivity index (χ0) is 13.7. The van der Waals surface area contributed by atoms with E-state index in [0.717, 1.165) is 22.1 Å². The Morgan fingerprint density at radius 1 is 1.26 bits per heavy atom. The van der Waals surface area contributed by atoms with Crippen LogP contribution in [0.15, 0.2) is 24.4 Å². The smallest absolute Gasteiger partial charge is 0.127 e. The van der Waals surface area contributed by atoms with Crippen LogP contribution in [-0.2, 0) is 13.1 Å². The molecule has 0 spiro atoms. The molecule has 1 aromatic heterocycles. The lowest BCUT2D eigenvalue weighted by Gasteiger charge is -2.10. The summed E-state index contributed by atoms with van der Waals surface area (Å²) < 4.78 is 11.2. The largest absolute Gasteiger partial charge is 0.497 e. The minimum absolute atomic E-state index is 0.687. The number of hydrogen-bond donors (Lipinski definition) is 1. The molecule has 0 saturated heterocycles. The van der Waals surface area contributed by atoms with E-state index < -0.39 is 0 Å². The first-order valence-electron chi connectivity index (χ1n) is 5.74. The monoisotopic (exact) mass is 298 g/mol. The molecule has 0 aliphatic rings. The van der Waals surface area contributed by atoms with Gasteiger partial charge in [-0.05, 0) is 6.07 Å². The molecule has 1 aromatic carbocycles. The number of nitrogens with one attached hydrogen (secondary N) is 1. The molecule has 0 fully saturated rings. The van der Waals surface area contributed by atoms with Gasteiger partial charge >= 0.3 is 0 Å². The highest BCUT2D eigenvalue weighted by Gasteiger charge is 2.05. The Bertz CT molecular complexity index is 545. The summed E-state index contributed by atoms with van der Waals surface area (Å²) in [5, 5.41) is 4.28. The van der Waals surface area contributed by atoms with Crippen molar-refractivity contribution in [1.29, 1.82) is 0 Å². The van der Waals surface area contributed by atoms with Crippen molar-refractivity contribution in [3.05, 3.63) is 39.3 Å². The van der Waals surface area contributed by atoms with Crippen molar-refractivity contribution < 1.29 is 9.47 Å². The Morgan fingerprint density at radius 3 is 2.74 bits per heavy atom. The number of hydrogen-bond acceptors (Lipinski definition) is 5. The average molecular weight is 299 g/mol. The van der Waals surface area contributed by atoms with Crippen LogP contribution in [-0.4, -0.2) is 19.2 Å². The van der Waals surface area contributed by atoms with Crippen molar-refractivity contribution in [2.45, 2.75) is 13.1 Å². The van der Waals surface area contributed by atoms with Gasteiger partial charge in [0.2, 0.25) is 0 Å². The number of methoxy groups -OCH3 is 2. The molecule has 0 amide bonds. The highest BCUT2D eigenvalue weighted by atomic mass is 35.5. The van der Waals surface area contributed by atoms with Gasteiger partial charge in [-0.15, -0.1) is 11.3 Å². The zero-order valence-electron chi connectivity index (χ0n) is 10.8. The fraction of sp³-hybridized carbons (Fsp3) is 0.308. The molecule has 0 aliphatic heterocycles. The third-order valence-electron chi connectivity index (χ3n) is 2.61. The van der Waals surface area contributed by atoms with Gasteiger partial charge in [-0.3, -0.25) is 0 Å². The van der Waals surface area contributed by atoms with Gasteiger partial charge in [0.1, 0.15) is 20.8 Å². The van der Waals surface area contributed by atoms with Crippen LogP contribution in [0.4, 0.5) is 0 Å². The first-order chi connectivity index (χ1) is 9.22. The Kier molecular flexibility index (Phi) is 5.01. The minimum Gasteiger partial charge on any atom is -0.497 e. The van der Waals surface area contributed by atoms with Crippen LogP contribution in [0.5, 0.6) is 11.5 Å². The molecule has 2 rings (SSSR count). The molecule has 6 heteroatoms. The molecule has 0 radical (unpaired) electrons. The van der Waals surface area contributed by atoms with Gasteiger partial charge in [0.05, 0.1) is 20.4 Å². The molecule has 2 aromatic rings. The van der Waals surface area contributed by atoms with Crippen molar-refractivity contribution in [1.82, 2.24) is 10.3 Å². The SMILES string of the molecule is COc1ccc(CNCc2ncc(Cl)s2)c(OC)c1. The molecular weight excluding hydrogens is 284 g/mol. The molecule has 0 unspecified atom stereocenters. The summed E-state index contributed by atoms with van der Waals surface area (Å²) in [5.41, 5.74) is 1.07. The molecule has 102 valence electrons. The molecular formula is C13H15ClN2O2S. The van der Waals surface area contributed by atoms with Crippen LogP contribution in [0.1, 0.15) is 10.6 Å². The van der Waals surface area contributed by atoms with Gasteiger partial charge in [0, 0.05) is 24.7 Å². The van der Waals surface area contributed by atoms with Crippen molar-refractivity contribution in [3.8, 4) is 11.5 Å². The summed E-state index contributed by atoms with van der Waals surface area (Å²) in [6, 6.07) is 5.77. The number of aromatic nitrogens is 1. The van der Waals surface area contributed by atoms with Crippen LogP contribution in [0, 0.1) is 0 Å². The predicted octanol–water partition coefficient (Wildman–Crippen LogP) is 3.10. The van der Waals surface area contributed by atoms with Gasteiger partial charge in [0.15, 0.2) is 0 Å². The van der Waals surface area contributed by atoms with E-state index in [1.165, 1.54) is 11.3 Å². The van der Waals surface area contributed by atoms with Gasteiger partial charge < -0.3 is 14.8 Å². The summed E-state index contributed by atoms with van der Waals surface area (Å²) in [6.07, 6.45) is 1.66. The topological polar surface area (TPSA) is 43.4 Å². The van der Waals surface area contributed by atoms with Gasteiger partial charge in [0.25, 0.3) is 0 Å². The lowest BCUT2D eigenvalue weighted by molar-refractivity contribution is 0.390. The molecule has 4 nitrogen and oxygen atoms in total. The molecule has 0 aliphatic carbocycles. The second-order valence-electron chi connectivity index (χ2n) is 3.84. The summed E-state index contributed by atoms with van der Waals surface area (Å²) in [7, 11) is 3.29. The Morgan fingerprint density at radius 2 is 2.11 bits per heavy atom. The van der Waals surface area contributed by atoms with Crippen LogP contribution in [0.3, 0.4) is 0 Å². The first-order valence-corrected chi connectivity index (χ1v) is 6.94. The van der Waals surface area contributed by atoms with Crippen molar-refractivity contribution in [3.63, 3.8) is 0 Å². The molecule has 0 bridgehead atoms. The van der Waals surface area contributed by atoms with Gasteiger partial charge in [-0.2, -0.15) is 0 Å². The molecule has 1 heterocycles. The summed E-state index contributed by atoms with van der Waals surface area (Å²) >= 11 is 7.31. The fourth-order valence-electron chi connectivity index (χ4n) is 1.67. The van der Waals surface area contributed by atoms with E-state index in [1.807, 2.05) is 18.2 Å². The molecule has 19 heavy (non-hydrogen) atoms. The van der Waals surface area contributed by atoms with Crippen LogP contribution in [0.2, 0.25) is 4.34 Å². The zero-order valence-corrected chi connectivity index (χ0v) is 12.3. The maximum absolute atomic E-state index is 5.83. The van der Waals surface area contributed by atoms with Crippen LogP contribution in [0.25, 0.3) is 0 Å². The number of halogens is 1. The third kappa shape index (κ3) is 3.83. The number of nitrogens with zero attached hydrogens (tertiary/aromatic N) is 1. The van der Waals surface area contributed by atoms with E-state index >= 15 is 0 Å². The molecule has 0 atom stereocenters. The molecule has 1 N–H and O–H groups in total. The maximum Gasteiger partial charge on any atom is 0.127 e. The number of ether oxygens (including phenoxy) is 2. The highest BCUT2D eigenvalue weighted by Crippen LogP contribution is 2.24. The average Bonchev–Trinajstić information content (AvgIpc) is 2.84. The van der Waals surface area contributed by atoms with Crippen molar-refractivity contribution in [2.24, 2.45) is 0 Å². The Balaban J connectivity index is 1.95. The first kappa shape index (κ1) is 14.1. The van der Waals surface area contributed by atoms with Crippen molar-refractivity contribution in [2.75, 3.05) is 14.2 Å². The Labute approximate surface area is 121 Å². The lowest BCUT2D eigenvalue weighted by atomic mass is 10.2. The van der Waals surface area contributed by atoms with E-state index in [2.05, 4.69) is 10.3 Å². The number of rotatable bonds is 6. The van der Waals surface area contributed by atoms with Gasteiger partial charge in [-0.1, -0.05) is 17.7 Å². The highest BCUT2D eigenvalue weighted by molar-refractivity contribution is 7.15. The van der Waals surface area contributed by atoms with Crippen LogP contribution >= 0.6 is 22.9 Å². The normalized spacial score (nSPS) is 10.5. The summed E-state index contributed by atoms with van der Waals surface area (Å²) in [6.45, 7) is 1.39. The lowest BCUT2D eigenvalue weighted by Crippen LogP contribution is -2.13. The maximum atomic E-state index is 5.83. The predicted molar refractivity (Wildman–Crippen MR) is 77.2 cm³/mol. The number of thiazole rings is 1. The molecule has 0 saturated carbocycles. The summed E-state index contributed by atoms with van der Waals surface area (Å²) in [5.74, 6) is 1.59. The van der Waals surface area contributed by atoms with E-state index in [0.29, 0.717) is 17.4 Å². The van der Waals surface area contributed by atoms with Crippen LogP contribution < -0.4 is 14.8 Å². The second-order valence-corrected chi connectivity index (χ2v) is 5.59. The summed E-state index contributed by atoms with van der Waals surface area (Å²) in [4.78, 5) is 4.19. The van der Waals surface area contributed by atoms with E-state index in [9.17, 15) is 0 Å². The van der Waals surface area contributed by atoms with Crippen molar-refractivity contribution >= 4 is 22.9 Å². The van der Waals surface area contributed by atoms with Gasteiger partial charge in [-0.25, -0.2) is 4.98 Å². The minimum atomic E-state index is 0.687. The van der Waals surface area contributed by atoms with E-state index in [-0.39, 0.29) is 0 Å². The van der Waals surface area contributed by atoms with E-state index in [1.54, 1.807) is 20.4 Å². The van der Waals surface area contributed by atoms with E-state index in [4.69, 9.17) is 21.1 Å². The second kappa shape index (κ2) is 6.75. The standard InChI is InChI=1S/C13H15ClN2O2S/c1-17-10-4-3-9(11(5-10)18-2)6-15-8-13-16-7-12(14)19-13/h3-5,7,15H,6,8H2,1-2H3. The third-order valence-corrected chi connectivity index (χ3v) is 3.73. The fourth-order valence-corrected chi connectivity index (χ4v) is 2.60. The quantitative estimate of drug-likeness (QED) is 0.890. The Hall–Kier alpha value is -1.30. The number of benzene rings is 1.